The first kappa shape index (κ1) is 25.7. The number of furan rings is 1. The lowest BCUT2D eigenvalue weighted by atomic mass is 10.2. The summed E-state index contributed by atoms with van der Waals surface area (Å²) < 4.78 is 18.6. The molecule has 0 aliphatic heterocycles. The highest BCUT2D eigenvalue weighted by atomic mass is 16.6. The fourth-order valence-corrected chi connectivity index (χ4v) is 3.76. The van der Waals surface area contributed by atoms with Gasteiger partial charge in [-0.05, 0) is 68.4 Å². The van der Waals surface area contributed by atoms with Crippen molar-refractivity contribution in [1.82, 2.24) is 9.99 Å². The van der Waals surface area contributed by atoms with Crippen LogP contribution >= 0.6 is 0 Å². The third-order valence-corrected chi connectivity index (χ3v) is 5.50. The van der Waals surface area contributed by atoms with Crippen LogP contribution in [0.4, 0.5) is 5.69 Å². The van der Waals surface area contributed by atoms with E-state index in [9.17, 15) is 14.9 Å². The van der Waals surface area contributed by atoms with Crippen molar-refractivity contribution < 1.29 is 23.6 Å². The molecular weight excluding hydrogens is 490 g/mol. The standard InChI is InChI=1S/C27H23N5O6/c1-18-6-7-19(2)31(18)21-8-10-22(11-9-21)37-17-23-12-13-25(38-23)27(33)30-29-16-20-4-3-5-24(32(34)35)26(20)36-15-14-28/h3-13,16H,15,17H2,1-2H3,(H,30,33)/b29-16+. The van der Waals surface area contributed by atoms with Gasteiger partial charge in [0.1, 0.15) is 24.2 Å². The molecule has 0 saturated carbocycles. The monoisotopic (exact) mass is 513 g/mol. The predicted molar refractivity (Wildman–Crippen MR) is 138 cm³/mol. The minimum Gasteiger partial charge on any atom is -0.486 e. The third kappa shape index (κ3) is 5.88. The summed E-state index contributed by atoms with van der Waals surface area (Å²) >= 11 is 0. The van der Waals surface area contributed by atoms with Crippen molar-refractivity contribution in [2.75, 3.05) is 6.61 Å². The van der Waals surface area contributed by atoms with E-state index in [-0.39, 0.29) is 36.0 Å². The summed E-state index contributed by atoms with van der Waals surface area (Å²) in [5, 5.41) is 23.8. The molecule has 11 heteroatoms. The van der Waals surface area contributed by atoms with E-state index in [0.717, 1.165) is 17.1 Å². The number of aromatic nitrogens is 1. The predicted octanol–water partition coefficient (Wildman–Crippen LogP) is 4.84. The maximum absolute atomic E-state index is 12.4. The largest absolute Gasteiger partial charge is 0.486 e. The van der Waals surface area contributed by atoms with E-state index in [1.54, 1.807) is 12.1 Å². The number of rotatable bonds is 10. The van der Waals surface area contributed by atoms with Gasteiger partial charge >= 0.3 is 11.6 Å². The maximum atomic E-state index is 12.4. The molecule has 4 rings (SSSR count). The van der Waals surface area contributed by atoms with Crippen LogP contribution in [0.5, 0.6) is 11.5 Å². The van der Waals surface area contributed by atoms with E-state index in [4.69, 9.17) is 19.2 Å². The van der Waals surface area contributed by atoms with Gasteiger partial charge in [-0.3, -0.25) is 14.9 Å². The summed E-state index contributed by atoms with van der Waals surface area (Å²) in [5.41, 5.74) is 5.50. The number of nitrogens with one attached hydrogen (secondary N) is 1. The molecule has 4 aromatic rings. The molecule has 0 spiro atoms. The van der Waals surface area contributed by atoms with Crippen LogP contribution in [0.3, 0.4) is 0 Å². The first-order valence-electron chi connectivity index (χ1n) is 11.4. The van der Waals surface area contributed by atoms with Crippen LogP contribution in [-0.4, -0.2) is 28.2 Å². The molecule has 11 nitrogen and oxygen atoms in total. The second kappa shape index (κ2) is 11.6. The Balaban J connectivity index is 1.35. The molecule has 2 heterocycles. The summed E-state index contributed by atoms with van der Waals surface area (Å²) in [5.74, 6) is 0.343. The van der Waals surface area contributed by atoms with Crippen LogP contribution in [0, 0.1) is 35.3 Å². The van der Waals surface area contributed by atoms with E-state index >= 15 is 0 Å². The average Bonchev–Trinajstić information content (AvgIpc) is 3.53. The number of carbonyl (C=O) groups excluding carboxylic acids is 1. The molecule has 0 aliphatic rings. The number of nitriles is 1. The lowest BCUT2D eigenvalue weighted by Crippen LogP contribution is -2.17. The van der Waals surface area contributed by atoms with Crippen molar-refractivity contribution in [2.24, 2.45) is 5.10 Å². The molecule has 0 radical (unpaired) electrons. The molecule has 0 unspecified atom stereocenters. The number of nitro benzene ring substituents is 1. The fraction of sp³-hybridized carbons (Fsp3) is 0.148. The van der Waals surface area contributed by atoms with Gasteiger partial charge < -0.3 is 18.5 Å². The number of ether oxygens (including phenoxy) is 2. The van der Waals surface area contributed by atoms with Crippen molar-refractivity contribution in [3.63, 3.8) is 0 Å². The summed E-state index contributed by atoms with van der Waals surface area (Å²) in [4.78, 5) is 23.0. The lowest BCUT2D eigenvalue weighted by Gasteiger charge is -2.10. The SMILES string of the molecule is Cc1ccc(C)n1-c1ccc(OCc2ccc(C(=O)N/N=C/c3cccc([N+](=O)[O-])c3OCC#N)o2)cc1. The Labute approximate surface area is 217 Å². The van der Waals surface area contributed by atoms with E-state index in [1.807, 2.05) is 38.1 Å². The van der Waals surface area contributed by atoms with Gasteiger partial charge in [-0.1, -0.05) is 6.07 Å². The van der Waals surface area contributed by atoms with Gasteiger partial charge in [-0.25, -0.2) is 5.43 Å². The van der Waals surface area contributed by atoms with Crippen molar-refractivity contribution in [3.8, 4) is 23.3 Å². The van der Waals surface area contributed by atoms with Gasteiger partial charge in [-0.15, -0.1) is 0 Å². The number of benzene rings is 2. The van der Waals surface area contributed by atoms with Gasteiger partial charge in [0, 0.05) is 28.7 Å². The maximum Gasteiger partial charge on any atom is 0.311 e. The highest BCUT2D eigenvalue weighted by molar-refractivity contribution is 5.93. The molecule has 1 N–H and O–H groups in total. The molecule has 0 aliphatic carbocycles. The molecular formula is C27H23N5O6. The summed E-state index contributed by atoms with van der Waals surface area (Å²) in [6.07, 6.45) is 1.19. The Morgan fingerprint density at radius 2 is 1.84 bits per heavy atom. The molecule has 1 amide bonds. The normalized spacial score (nSPS) is 10.8. The second-order valence-corrected chi connectivity index (χ2v) is 8.10. The zero-order chi connectivity index (χ0) is 27.1. The second-order valence-electron chi connectivity index (χ2n) is 8.10. The Kier molecular flexibility index (Phi) is 7.83. The van der Waals surface area contributed by atoms with Crippen molar-refractivity contribution >= 4 is 17.8 Å². The van der Waals surface area contributed by atoms with E-state index in [0.29, 0.717) is 11.5 Å². The number of hydrogen-bond donors (Lipinski definition) is 1. The number of hydrazone groups is 1. The quantitative estimate of drug-likeness (QED) is 0.181. The molecule has 2 aromatic carbocycles. The summed E-state index contributed by atoms with van der Waals surface area (Å²) in [7, 11) is 0. The van der Waals surface area contributed by atoms with Crippen molar-refractivity contribution in [2.45, 2.75) is 20.5 Å². The van der Waals surface area contributed by atoms with E-state index in [1.165, 1.54) is 30.5 Å². The highest BCUT2D eigenvalue weighted by Crippen LogP contribution is 2.30. The number of carbonyl (C=O) groups is 1. The van der Waals surface area contributed by atoms with E-state index in [2.05, 4.69) is 27.2 Å². The number of hydrogen-bond acceptors (Lipinski definition) is 8. The number of nitro groups is 1. The van der Waals surface area contributed by atoms with Crippen LogP contribution in [0.2, 0.25) is 0 Å². The smallest absolute Gasteiger partial charge is 0.311 e. The number of amides is 1. The molecule has 0 saturated heterocycles. The molecule has 0 fully saturated rings. The zero-order valence-corrected chi connectivity index (χ0v) is 20.6. The third-order valence-electron chi connectivity index (χ3n) is 5.50. The van der Waals surface area contributed by atoms with Crippen LogP contribution in [0.15, 0.2) is 76.2 Å². The van der Waals surface area contributed by atoms with Crippen LogP contribution < -0.4 is 14.9 Å². The number of aryl methyl sites for hydroxylation is 2. The Morgan fingerprint density at radius 3 is 2.53 bits per heavy atom. The lowest BCUT2D eigenvalue weighted by molar-refractivity contribution is -0.385. The van der Waals surface area contributed by atoms with Gasteiger partial charge in [0.05, 0.1) is 11.1 Å². The first-order chi connectivity index (χ1) is 18.4. The van der Waals surface area contributed by atoms with Crippen LogP contribution in [0.1, 0.15) is 33.3 Å². The van der Waals surface area contributed by atoms with Gasteiger partial charge in [0.25, 0.3) is 0 Å². The molecule has 0 atom stereocenters. The van der Waals surface area contributed by atoms with E-state index < -0.39 is 10.8 Å². The first-order valence-corrected chi connectivity index (χ1v) is 11.4. The minimum absolute atomic E-state index is 0.00894. The minimum atomic E-state index is -0.631. The van der Waals surface area contributed by atoms with Gasteiger partial charge in [-0.2, -0.15) is 10.4 Å². The summed E-state index contributed by atoms with van der Waals surface area (Å²) in [6, 6.07) is 20.8. The Hall–Kier alpha value is -5.37. The average molecular weight is 514 g/mol. The van der Waals surface area contributed by atoms with Crippen LogP contribution in [-0.2, 0) is 6.61 Å². The highest BCUT2D eigenvalue weighted by Gasteiger charge is 2.18. The zero-order valence-electron chi connectivity index (χ0n) is 20.6. The van der Waals surface area contributed by atoms with Gasteiger partial charge in [0.15, 0.2) is 12.4 Å². The summed E-state index contributed by atoms with van der Waals surface area (Å²) in [6.45, 7) is 3.82. The van der Waals surface area contributed by atoms with Crippen molar-refractivity contribution in [3.05, 3.63) is 105 Å². The fourth-order valence-electron chi connectivity index (χ4n) is 3.76. The number of para-hydroxylation sites is 1. The molecule has 2 aromatic heterocycles. The number of nitrogens with zero attached hydrogens (tertiary/aromatic N) is 4. The molecule has 192 valence electrons. The van der Waals surface area contributed by atoms with Gasteiger partial charge in [0.2, 0.25) is 5.75 Å². The van der Waals surface area contributed by atoms with Crippen molar-refractivity contribution in [1.29, 1.82) is 5.26 Å². The molecule has 0 bridgehead atoms. The molecule has 38 heavy (non-hydrogen) atoms. The Morgan fingerprint density at radius 1 is 1.11 bits per heavy atom. The van der Waals surface area contributed by atoms with Crippen LogP contribution in [0.25, 0.3) is 5.69 Å². The topological polar surface area (TPSA) is 145 Å². The Bertz CT molecular complexity index is 1510.